The normalized spacial score (nSPS) is 18.1. The van der Waals surface area contributed by atoms with Crippen molar-refractivity contribution in [1.82, 2.24) is 15.0 Å². The Labute approximate surface area is 158 Å². The second-order valence-electron chi connectivity index (χ2n) is 7.13. The van der Waals surface area contributed by atoms with E-state index in [2.05, 4.69) is 38.3 Å². The van der Waals surface area contributed by atoms with Crippen LogP contribution in [0.1, 0.15) is 39.5 Å². The van der Waals surface area contributed by atoms with Crippen LogP contribution in [-0.2, 0) is 0 Å². The van der Waals surface area contributed by atoms with E-state index < -0.39 is 0 Å². The second-order valence-corrected chi connectivity index (χ2v) is 7.57. The molecule has 0 radical (unpaired) electrons. The number of hydrogen-bond donors (Lipinski definition) is 1. The summed E-state index contributed by atoms with van der Waals surface area (Å²) in [4.78, 5) is 18.3. The van der Waals surface area contributed by atoms with Crippen LogP contribution in [0.2, 0.25) is 5.02 Å². The molecule has 1 aromatic heterocycles. The zero-order valence-corrected chi connectivity index (χ0v) is 15.8. The Hall–Kier alpha value is -2.27. The summed E-state index contributed by atoms with van der Waals surface area (Å²) in [6.45, 7) is 4.09. The molecule has 26 heavy (non-hydrogen) atoms. The number of benzene rings is 1. The lowest BCUT2D eigenvalue weighted by Gasteiger charge is -2.08. The highest BCUT2D eigenvalue weighted by Gasteiger charge is 2.25. The molecule has 2 saturated carbocycles. The smallest absolute Gasteiger partial charge is 0.254 e. The number of nitrogens with one attached hydrogen (secondary N) is 1. The third kappa shape index (κ3) is 4.47. The fraction of sp³-hybridized carbons (Fsp3) is 0.400. The van der Waals surface area contributed by atoms with E-state index in [1.54, 1.807) is 0 Å². The van der Waals surface area contributed by atoms with Gasteiger partial charge < -0.3 is 5.32 Å². The second kappa shape index (κ2) is 7.16. The van der Waals surface area contributed by atoms with Crippen molar-refractivity contribution in [2.24, 2.45) is 16.8 Å². The van der Waals surface area contributed by atoms with Crippen LogP contribution in [0.15, 0.2) is 41.0 Å². The molecule has 0 unspecified atom stereocenters. The van der Waals surface area contributed by atoms with Crippen LogP contribution < -0.4 is 5.32 Å². The summed E-state index contributed by atoms with van der Waals surface area (Å²) < 4.78 is 0. The zero-order chi connectivity index (χ0) is 18.1. The minimum Gasteiger partial charge on any atom is -0.328 e. The van der Waals surface area contributed by atoms with Crippen molar-refractivity contribution < 1.29 is 0 Å². The SMILES string of the molecule is CC(=CC1CC1)Nc1nc(/N=C(\C)C2CC2)nc(-c2ccc(Cl)cc2)n1. The number of rotatable bonds is 6. The molecular formula is C20H22ClN5. The van der Waals surface area contributed by atoms with E-state index in [1.807, 2.05) is 31.2 Å². The van der Waals surface area contributed by atoms with Crippen LogP contribution in [0.4, 0.5) is 11.9 Å². The molecule has 0 spiro atoms. The molecule has 0 amide bonds. The van der Waals surface area contributed by atoms with Crippen molar-refractivity contribution in [3.63, 3.8) is 0 Å². The first kappa shape index (κ1) is 17.2. The summed E-state index contributed by atoms with van der Waals surface area (Å²) in [5.41, 5.74) is 3.05. The highest BCUT2D eigenvalue weighted by atomic mass is 35.5. The molecular weight excluding hydrogens is 346 g/mol. The van der Waals surface area contributed by atoms with Crippen LogP contribution in [0.3, 0.4) is 0 Å². The molecule has 0 atom stereocenters. The van der Waals surface area contributed by atoms with Crippen molar-refractivity contribution in [3.05, 3.63) is 41.1 Å². The maximum Gasteiger partial charge on any atom is 0.254 e. The van der Waals surface area contributed by atoms with Crippen molar-refractivity contribution >= 4 is 29.2 Å². The van der Waals surface area contributed by atoms with Gasteiger partial charge >= 0.3 is 0 Å². The maximum absolute atomic E-state index is 6.00. The van der Waals surface area contributed by atoms with E-state index in [4.69, 9.17) is 11.6 Å². The van der Waals surface area contributed by atoms with Crippen molar-refractivity contribution in [2.45, 2.75) is 39.5 Å². The molecule has 5 nitrogen and oxygen atoms in total. The Morgan fingerprint density at radius 2 is 1.81 bits per heavy atom. The summed E-state index contributed by atoms with van der Waals surface area (Å²) in [5, 5.41) is 3.98. The van der Waals surface area contributed by atoms with Gasteiger partial charge in [-0.2, -0.15) is 15.0 Å². The van der Waals surface area contributed by atoms with E-state index >= 15 is 0 Å². The number of nitrogens with zero attached hydrogens (tertiary/aromatic N) is 4. The molecule has 134 valence electrons. The molecule has 1 aromatic carbocycles. The largest absolute Gasteiger partial charge is 0.328 e. The van der Waals surface area contributed by atoms with Crippen molar-refractivity contribution in [3.8, 4) is 11.4 Å². The first-order valence-electron chi connectivity index (χ1n) is 9.09. The summed E-state index contributed by atoms with van der Waals surface area (Å²) >= 11 is 6.00. The molecule has 6 heteroatoms. The molecule has 0 aliphatic heterocycles. The molecule has 2 aliphatic carbocycles. The molecule has 1 N–H and O–H groups in total. The number of aliphatic imine (C=N–C) groups is 1. The minimum atomic E-state index is 0.455. The summed E-state index contributed by atoms with van der Waals surface area (Å²) in [5.74, 6) is 2.85. The first-order valence-corrected chi connectivity index (χ1v) is 9.47. The fourth-order valence-electron chi connectivity index (χ4n) is 2.78. The van der Waals surface area contributed by atoms with E-state index in [0.29, 0.717) is 34.6 Å². The Morgan fingerprint density at radius 3 is 2.46 bits per heavy atom. The molecule has 4 rings (SSSR count). The quantitative estimate of drug-likeness (QED) is 0.692. The molecule has 0 bridgehead atoms. The number of hydrogen-bond acceptors (Lipinski definition) is 5. The fourth-order valence-corrected chi connectivity index (χ4v) is 2.91. The van der Waals surface area contributed by atoms with Crippen LogP contribution in [0.25, 0.3) is 11.4 Å². The molecule has 2 aliphatic rings. The standard InChI is InChI=1S/C20H22ClN5/c1-12(11-14-3-4-14)22-19-24-18(16-7-9-17(21)10-8-16)25-20(26-19)23-13(2)15-5-6-15/h7-11,14-15H,3-6H2,1-2H3,(H,22,24,25,26)/b12-11?,23-13+. The number of allylic oxidation sites excluding steroid dienone is 2. The molecule has 2 fully saturated rings. The lowest BCUT2D eigenvalue weighted by Crippen LogP contribution is -2.05. The van der Waals surface area contributed by atoms with Crippen LogP contribution in [-0.4, -0.2) is 20.7 Å². The first-order chi connectivity index (χ1) is 12.6. The van der Waals surface area contributed by atoms with Gasteiger partial charge in [-0.1, -0.05) is 17.7 Å². The number of halogens is 1. The van der Waals surface area contributed by atoms with Gasteiger partial charge in [0.15, 0.2) is 5.82 Å². The molecule has 0 saturated heterocycles. The number of aromatic nitrogens is 3. The Bertz CT molecular complexity index is 864. The van der Waals surface area contributed by atoms with Crippen LogP contribution >= 0.6 is 11.6 Å². The summed E-state index contributed by atoms with van der Waals surface area (Å²) in [6, 6.07) is 7.50. The van der Waals surface area contributed by atoms with Gasteiger partial charge in [-0.15, -0.1) is 0 Å². The van der Waals surface area contributed by atoms with E-state index in [9.17, 15) is 0 Å². The third-order valence-corrected chi connectivity index (χ3v) is 4.84. The van der Waals surface area contributed by atoms with Gasteiger partial charge in [0.05, 0.1) is 0 Å². The van der Waals surface area contributed by atoms with Gasteiger partial charge in [0.2, 0.25) is 5.95 Å². The highest BCUT2D eigenvalue weighted by Crippen LogP contribution is 2.32. The summed E-state index contributed by atoms with van der Waals surface area (Å²) in [7, 11) is 0. The lowest BCUT2D eigenvalue weighted by molar-refractivity contribution is 1.02. The van der Waals surface area contributed by atoms with Crippen LogP contribution in [0, 0.1) is 11.8 Å². The van der Waals surface area contributed by atoms with Crippen molar-refractivity contribution in [1.29, 1.82) is 0 Å². The van der Waals surface area contributed by atoms with E-state index in [0.717, 1.165) is 17.0 Å². The third-order valence-electron chi connectivity index (χ3n) is 4.59. The maximum atomic E-state index is 6.00. The topological polar surface area (TPSA) is 63.1 Å². The van der Waals surface area contributed by atoms with Gasteiger partial charge in [-0.3, -0.25) is 0 Å². The monoisotopic (exact) mass is 367 g/mol. The Morgan fingerprint density at radius 1 is 1.08 bits per heavy atom. The van der Waals surface area contributed by atoms with Gasteiger partial charge in [-0.25, -0.2) is 4.99 Å². The van der Waals surface area contributed by atoms with Gasteiger partial charge in [0.25, 0.3) is 5.95 Å². The van der Waals surface area contributed by atoms with Crippen LogP contribution in [0.5, 0.6) is 0 Å². The average Bonchev–Trinajstić information content (AvgIpc) is 3.49. The highest BCUT2D eigenvalue weighted by molar-refractivity contribution is 6.30. The number of anilines is 1. The van der Waals surface area contributed by atoms with Gasteiger partial charge in [0, 0.05) is 22.0 Å². The molecule has 1 heterocycles. The van der Waals surface area contributed by atoms with Gasteiger partial charge in [-0.05, 0) is 75.6 Å². The zero-order valence-electron chi connectivity index (χ0n) is 15.0. The summed E-state index contributed by atoms with van der Waals surface area (Å²) in [6.07, 6.45) is 7.19. The lowest BCUT2D eigenvalue weighted by atomic mass is 10.2. The van der Waals surface area contributed by atoms with E-state index in [1.165, 1.54) is 25.7 Å². The van der Waals surface area contributed by atoms with Crippen molar-refractivity contribution in [2.75, 3.05) is 5.32 Å². The van der Waals surface area contributed by atoms with E-state index in [-0.39, 0.29) is 0 Å². The minimum absolute atomic E-state index is 0.455. The Kier molecular flexibility index (Phi) is 4.72. The van der Waals surface area contributed by atoms with Gasteiger partial charge in [0.1, 0.15) is 0 Å². The average molecular weight is 368 g/mol. The predicted octanol–water partition coefficient (Wildman–Crippen LogP) is 5.42. The molecule has 2 aromatic rings. The Balaban J connectivity index is 1.68. The predicted molar refractivity (Wildman–Crippen MR) is 106 cm³/mol.